The quantitative estimate of drug-likeness (QED) is 0.0407. The van der Waals surface area contributed by atoms with E-state index in [2.05, 4.69) is 102 Å². The Morgan fingerprint density at radius 1 is 0.816 bits per heavy atom. The second kappa shape index (κ2) is 26.3. The first-order chi connectivity index (χ1) is 42.4. The zero-order valence-electron chi connectivity index (χ0n) is 50.7. The Morgan fingerprint density at radius 3 is 2.41 bits per heavy atom. The number of hydrogen-bond acceptors (Lipinski definition) is 13. The molecular weight excluding hydrogens is 1130 g/mol. The van der Waals surface area contributed by atoms with E-state index in [0.29, 0.717) is 81.2 Å². The summed E-state index contributed by atoms with van der Waals surface area (Å²) in [4.78, 5) is 3.40. The molecule has 1 saturated heterocycles. The molecule has 3 heterocycles. The molecule has 7 aliphatic carbocycles. The first kappa shape index (κ1) is 61.2. The standard InChI is InChI=1S/C73H93N3O9S2/c1-2-43-29-48-33-62(81)65(85-66-34-49(30-51-15-10-25-75-51)53-21-26-76-71(74)59(53)42-87-86-41-50(40-78)70(66)83)36-55(48)56-35-63(82)67-46(32-54(43)56)20-24-73(38-52(79)16-19-64(67)84-28-27-77)39-58(44-11-4-3-5-12-44)57-31-45-13-6-7-14-47(45)37-72(22-8-9-23-72)60-17-18-61(80)69(73)68(57)60/h3-7,10-15,21,25,32-33,36,43,46,49-50,52,56-58,60-61,63-64,66-70,75-83H,2,8-9,16-19,22-23,26-31,34-35,37-42,74H2,1H3. The van der Waals surface area contributed by atoms with E-state index in [1.807, 2.05) is 24.4 Å². The van der Waals surface area contributed by atoms with Crippen LogP contribution in [-0.4, -0.2) is 115 Å². The van der Waals surface area contributed by atoms with Crippen molar-refractivity contribution < 1.29 is 45.2 Å². The molecule has 2 spiro atoms. The Morgan fingerprint density at radius 2 is 1.63 bits per heavy atom. The van der Waals surface area contributed by atoms with Gasteiger partial charge in [-0.3, -0.25) is 0 Å². The fraction of sp³-hybridized carbons (Fsp3) is 0.589. The average molecular weight is 1220 g/mol. The number of phenolic OH excluding ortho intramolecular Hbond substituents is 1. The molecule has 11 N–H and O–H groups in total. The van der Waals surface area contributed by atoms with Crippen molar-refractivity contribution in [2.24, 2.45) is 69.8 Å². The minimum Gasteiger partial charge on any atom is -0.504 e. The van der Waals surface area contributed by atoms with Crippen LogP contribution in [0.5, 0.6) is 11.5 Å². The monoisotopic (exact) mass is 1220 g/mol. The van der Waals surface area contributed by atoms with E-state index in [9.17, 15) is 35.7 Å². The summed E-state index contributed by atoms with van der Waals surface area (Å²) in [5.41, 5.74) is 16.7. The van der Waals surface area contributed by atoms with Crippen LogP contribution in [-0.2, 0) is 30.4 Å². The van der Waals surface area contributed by atoms with Gasteiger partial charge in [0.05, 0.1) is 43.7 Å². The number of dihydropyridines is 1. The number of benzene rings is 3. The summed E-state index contributed by atoms with van der Waals surface area (Å²) in [7, 11) is 3.26. The lowest BCUT2D eigenvalue weighted by Crippen LogP contribution is -2.60. The fourth-order valence-electron chi connectivity index (χ4n) is 19.3. The molecule has 2 aliphatic heterocycles. The van der Waals surface area contributed by atoms with Gasteiger partial charge in [0, 0.05) is 77.1 Å². The summed E-state index contributed by atoms with van der Waals surface area (Å²) in [6.07, 6.45) is 15.3. The highest BCUT2D eigenvalue weighted by Gasteiger charge is 2.63. The third-order valence-corrected chi connectivity index (χ3v) is 25.6. The topological polar surface area (TPSA) is 214 Å². The maximum Gasteiger partial charge on any atom is 0.161 e. The molecule has 9 aliphatic rings. The van der Waals surface area contributed by atoms with Crippen LogP contribution in [0.1, 0.15) is 136 Å². The van der Waals surface area contributed by atoms with E-state index in [-0.39, 0.29) is 78.2 Å². The molecule has 13 rings (SSSR count). The third-order valence-electron chi connectivity index (χ3n) is 23.2. The maximum atomic E-state index is 13.3. The van der Waals surface area contributed by atoms with Crippen LogP contribution in [0.25, 0.3) is 0 Å². The fourth-order valence-corrected chi connectivity index (χ4v) is 21.8. The molecule has 3 saturated carbocycles. The lowest BCUT2D eigenvalue weighted by atomic mass is 9.42. The van der Waals surface area contributed by atoms with Crippen molar-refractivity contribution in [2.75, 3.05) is 37.9 Å². The Balaban J connectivity index is 0.917. The summed E-state index contributed by atoms with van der Waals surface area (Å²) in [5.74, 6) is 9.19. The van der Waals surface area contributed by atoms with Crippen LogP contribution in [0.4, 0.5) is 0 Å². The van der Waals surface area contributed by atoms with Crippen LogP contribution in [0.15, 0.2) is 120 Å². The number of aromatic nitrogens is 1. The Hall–Kier alpha value is -4.66. The number of rotatable bonds is 10. The number of aromatic amines is 1. The van der Waals surface area contributed by atoms with Gasteiger partial charge in [-0.05, 0) is 195 Å². The molecule has 3 aromatic carbocycles. The minimum absolute atomic E-state index is 0.0200. The van der Waals surface area contributed by atoms with Gasteiger partial charge in [-0.25, -0.2) is 0 Å². The molecule has 1 aromatic heterocycles. The van der Waals surface area contributed by atoms with Crippen molar-refractivity contribution in [1.29, 1.82) is 0 Å². The number of nitrogens with two attached hydrogens (primary N) is 1. The number of allylic oxidation sites excluding steroid dienone is 3. The smallest absolute Gasteiger partial charge is 0.161 e. The molecule has 87 heavy (non-hydrogen) atoms. The first-order valence-corrected chi connectivity index (χ1v) is 35.6. The highest BCUT2D eigenvalue weighted by Crippen LogP contribution is 2.67. The van der Waals surface area contributed by atoms with E-state index < -0.39 is 59.8 Å². The van der Waals surface area contributed by atoms with E-state index in [1.54, 1.807) is 21.6 Å². The largest absolute Gasteiger partial charge is 0.504 e. The number of aliphatic hydroxyl groups excluding tert-OH is 6. The second-order valence-corrected chi connectivity index (χ2v) is 30.3. The van der Waals surface area contributed by atoms with E-state index in [0.717, 1.165) is 60.1 Å². The van der Waals surface area contributed by atoms with Crippen molar-refractivity contribution >= 4 is 21.6 Å². The average Bonchev–Trinajstić information content (AvgIpc) is 1.41. The SMILES string of the molecule is CCC1Cc2cc(O)c(OC3CC(Cc4ccc[nH]4)C4=CCNC(N)=C4CSSCC(CO)C3O)cc2C2CC(O)C3C(C#CC4(CC(O)CCC3OCCO)CC(c3ccccc3)C3Cc5ccccc5CC5(CCCC5)C5CCC(O)C4C35)C=C12. The molecule has 18 atom stereocenters. The van der Waals surface area contributed by atoms with Crippen molar-refractivity contribution in [3.63, 3.8) is 0 Å². The molecule has 14 heteroatoms. The highest BCUT2D eigenvalue weighted by molar-refractivity contribution is 8.76. The minimum atomic E-state index is -1.08. The molecule has 12 nitrogen and oxygen atoms in total. The van der Waals surface area contributed by atoms with Crippen molar-refractivity contribution in [3.8, 4) is 23.3 Å². The zero-order chi connectivity index (χ0) is 60.0. The lowest BCUT2D eigenvalue weighted by Gasteiger charge is -2.62. The predicted molar refractivity (Wildman–Crippen MR) is 344 cm³/mol. The Labute approximate surface area is 523 Å². The lowest BCUT2D eigenvalue weighted by molar-refractivity contribution is -0.147. The second-order valence-electron chi connectivity index (χ2n) is 27.8. The van der Waals surface area contributed by atoms with Crippen molar-refractivity contribution in [2.45, 2.75) is 165 Å². The van der Waals surface area contributed by atoms with E-state index >= 15 is 0 Å². The van der Waals surface area contributed by atoms with Gasteiger partial charge >= 0.3 is 0 Å². The normalized spacial score (nSPS) is 36.6. The van der Waals surface area contributed by atoms with Gasteiger partial charge in [0.15, 0.2) is 11.5 Å². The predicted octanol–water partition coefficient (Wildman–Crippen LogP) is 10.4. The molecule has 18 unspecified atom stereocenters. The summed E-state index contributed by atoms with van der Waals surface area (Å²) < 4.78 is 13.7. The number of H-pyrrole nitrogens is 1. The Bertz CT molecular complexity index is 3210. The molecule has 4 aromatic rings. The third kappa shape index (κ3) is 12.0. The molecular formula is C73H93N3O9S2. The number of nitrogens with one attached hydrogen (secondary N) is 2. The van der Waals surface area contributed by atoms with Crippen molar-refractivity contribution in [3.05, 3.63) is 153 Å². The number of aromatic hydroxyl groups is 1. The molecule has 0 radical (unpaired) electrons. The summed E-state index contributed by atoms with van der Waals surface area (Å²) >= 11 is 0. The van der Waals surface area contributed by atoms with Gasteiger partial charge in [0.25, 0.3) is 0 Å². The number of fused-ring (bicyclic) bond motifs is 8. The van der Waals surface area contributed by atoms with E-state index in [1.165, 1.54) is 47.9 Å². The van der Waals surface area contributed by atoms with Crippen LogP contribution >= 0.6 is 21.6 Å². The highest BCUT2D eigenvalue weighted by atomic mass is 33.1. The zero-order valence-corrected chi connectivity index (χ0v) is 52.3. The summed E-state index contributed by atoms with van der Waals surface area (Å²) in [6, 6.07) is 28.1. The van der Waals surface area contributed by atoms with Crippen LogP contribution in [0, 0.1) is 75.9 Å². The first-order valence-electron chi connectivity index (χ1n) is 33.1. The van der Waals surface area contributed by atoms with Gasteiger partial charge in [-0.1, -0.05) is 126 Å². The number of ether oxygens (including phenoxy) is 2. The van der Waals surface area contributed by atoms with Gasteiger partial charge in [0.1, 0.15) is 11.9 Å². The van der Waals surface area contributed by atoms with Gasteiger partial charge < -0.3 is 61.3 Å². The van der Waals surface area contributed by atoms with Crippen LogP contribution in [0.2, 0.25) is 0 Å². The molecule has 466 valence electrons. The summed E-state index contributed by atoms with van der Waals surface area (Å²) in [5, 5.41) is 88.2. The molecule has 0 bridgehead atoms. The maximum absolute atomic E-state index is 13.3. The number of aliphatic hydroxyl groups is 6. The molecule has 4 fully saturated rings. The molecule has 0 amide bonds. The van der Waals surface area contributed by atoms with Crippen LogP contribution < -0.4 is 15.8 Å². The van der Waals surface area contributed by atoms with Gasteiger partial charge in [0.2, 0.25) is 0 Å². The number of hydrogen-bond donors (Lipinski definition) is 10. The van der Waals surface area contributed by atoms with Crippen molar-refractivity contribution in [1.82, 2.24) is 10.3 Å². The van der Waals surface area contributed by atoms with Crippen LogP contribution in [0.3, 0.4) is 0 Å². The number of phenols is 1. The van der Waals surface area contributed by atoms with E-state index in [4.69, 9.17) is 15.2 Å². The van der Waals surface area contributed by atoms with Gasteiger partial charge in [-0.2, -0.15) is 0 Å². The Kier molecular flexibility index (Phi) is 18.5. The summed E-state index contributed by atoms with van der Waals surface area (Å²) in [6.45, 7) is 2.45. The van der Waals surface area contributed by atoms with Gasteiger partial charge in [-0.15, -0.1) is 0 Å².